The number of unbranched alkanes of at least 4 members (excludes halogenated alkanes) is 23. The number of hydrogen-bond acceptors (Lipinski definition) is 8. The Labute approximate surface area is 389 Å². The van der Waals surface area contributed by atoms with Crippen LogP contribution >= 0.6 is 7.82 Å². The number of carboxylic acids is 1. The quantitative estimate of drug-likeness (QED) is 0.0199. The van der Waals surface area contributed by atoms with Gasteiger partial charge in [0, 0.05) is 12.8 Å². The van der Waals surface area contributed by atoms with Gasteiger partial charge < -0.3 is 25.2 Å². The van der Waals surface area contributed by atoms with Crippen molar-refractivity contribution in [1.29, 1.82) is 0 Å². The van der Waals surface area contributed by atoms with Gasteiger partial charge in [-0.25, -0.2) is 9.36 Å². The van der Waals surface area contributed by atoms with Gasteiger partial charge in [0.2, 0.25) is 5.91 Å². The highest BCUT2D eigenvalue weighted by Crippen LogP contribution is 2.43. The van der Waals surface area contributed by atoms with Crippen LogP contribution in [0.1, 0.15) is 219 Å². The number of aliphatic carboxylic acids is 1. The second-order valence-corrected chi connectivity index (χ2v) is 18.4. The summed E-state index contributed by atoms with van der Waals surface area (Å²) in [7, 11) is -4.77. The van der Waals surface area contributed by atoms with Gasteiger partial charge in [-0.1, -0.05) is 209 Å². The van der Waals surface area contributed by atoms with Gasteiger partial charge in [0.1, 0.15) is 12.7 Å². The predicted octanol–water partition coefficient (Wildman–Crippen LogP) is 13.9. The molecule has 0 saturated heterocycles. The fraction of sp³-hybridized carbons (Fsp3) is 0.750. The number of carboxylic acid groups (broad SMARTS) is 1. The maximum absolute atomic E-state index is 12.4. The second-order valence-electron chi connectivity index (χ2n) is 17.0. The lowest BCUT2D eigenvalue weighted by molar-refractivity contribution is -0.147. The minimum absolute atomic E-state index is 0.145. The fourth-order valence-electron chi connectivity index (χ4n) is 6.93. The zero-order valence-electron chi connectivity index (χ0n) is 40.3. The van der Waals surface area contributed by atoms with E-state index in [1.165, 1.54) is 109 Å². The highest BCUT2D eigenvalue weighted by atomic mass is 31.2. The summed E-state index contributed by atoms with van der Waals surface area (Å²) in [6.45, 7) is 2.47. The molecule has 370 valence electrons. The Morgan fingerprint density at radius 1 is 0.516 bits per heavy atom. The van der Waals surface area contributed by atoms with E-state index < -0.39 is 57.6 Å². The number of aliphatic hydroxyl groups is 1. The zero-order chi connectivity index (χ0) is 47.0. The summed E-state index contributed by atoms with van der Waals surface area (Å²) in [5.74, 6) is -2.40. The molecular formula is C52H92NO10P. The zero-order valence-corrected chi connectivity index (χ0v) is 41.2. The minimum atomic E-state index is -4.77. The molecule has 0 heterocycles. The van der Waals surface area contributed by atoms with E-state index in [9.17, 15) is 34.1 Å². The maximum atomic E-state index is 12.4. The maximum Gasteiger partial charge on any atom is 0.472 e. The molecule has 0 rings (SSSR count). The Balaban J connectivity index is 3.87. The molecule has 0 aliphatic carbocycles. The van der Waals surface area contributed by atoms with Crippen molar-refractivity contribution < 1.29 is 47.8 Å². The minimum Gasteiger partial charge on any atom is -0.480 e. The highest BCUT2D eigenvalue weighted by Gasteiger charge is 2.28. The van der Waals surface area contributed by atoms with Gasteiger partial charge in [-0.3, -0.25) is 18.6 Å². The normalized spacial score (nSPS) is 14.1. The molecule has 1 amide bonds. The molecule has 3 atom stereocenters. The van der Waals surface area contributed by atoms with Crippen molar-refractivity contribution in [3.8, 4) is 0 Å². The number of phosphoric acid groups is 1. The van der Waals surface area contributed by atoms with Crippen molar-refractivity contribution in [2.75, 3.05) is 19.8 Å². The molecule has 0 spiro atoms. The van der Waals surface area contributed by atoms with Crippen LogP contribution in [0.25, 0.3) is 0 Å². The summed E-state index contributed by atoms with van der Waals surface area (Å²) < 4.78 is 26.9. The van der Waals surface area contributed by atoms with E-state index in [0.29, 0.717) is 12.8 Å². The van der Waals surface area contributed by atoms with Crippen LogP contribution in [0.3, 0.4) is 0 Å². The first kappa shape index (κ1) is 61.2. The number of rotatable bonds is 47. The number of carbonyl (C=O) groups is 3. The van der Waals surface area contributed by atoms with Gasteiger partial charge >= 0.3 is 19.8 Å². The van der Waals surface area contributed by atoms with Gasteiger partial charge in [0.05, 0.1) is 13.2 Å². The van der Waals surface area contributed by atoms with Gasteiger partial charge in [0.25, 0.3) is 0 Å². The molecule has 3 unspecified atom stereocenters. The lowest BCUT2D eigenvalue weighted by Crippen LogP contribution is -2.43. The topological polar surface area (TPSA) is 169 Å². The van der Waals surface area contributed by atoms with Crippen molar-refractivity contribution >= 4 is 25.7 Å². The molecule has 4 N–H and O–H groups in total. The fourth-order valence-corrected chi connectivity index (χ4v) is 7.70. The number of allylic oxidation sites excluding steroid dienone is 10. The first-order chi connectivity index (χ1) is 31.1. The van der Waals surface area contributed by atoms with Crippen LogP contribution in [0.4, 0.5) is 0 Å². The van der Waals surface area contributed by atoms with Gasteiger partial charge in [0.15, 0.2) is 6.04 Å². The number of ether oxygens (including phenoxy) is 1. The lowest BCUT2D eigenvalue weighted by Gasteiger charge is -2.18. The predicted molar refractivity (Wildman–Crippen MR) is 263 cm³/mol. The van der Waals surface area contributed by atoms with Crippen LogP contribution in [0.15, 0.2) is 60.8 Å². The Kier molecular flexibility index (Phi) is 44.6. The smallest absolute Gasteiger partial charge is 0.472 e. The summed E-state index contributed by atoms with van der Waals surface area (Å²) in [6.07, 6.45) is 55.3. The molecule has 0 aliphatic heterocycles. The first-order valence-corrected chi connectivity index (χ1v) is 26.8. The molecule has 0 bridgehead atoms. The number of hydrogen-bond donors (Lipinski definition) is 4. The van der Waals surface area contributed by atoms with Crippen molar-refractivity contribution in [2.24, 2.45) is 0 Å². The van der Waals surface area contributed by atoms with Gasteiger partial charge in [-0.15, -0.1) is 0 Å². The van der Waals surface area contributed by atoms with Crippen LogP contribution in [0.2, 0.25) is 0 Å². The van der Waals surface area contributed by atoms with Crippen LogP contribution in [0.5, 0.6) is 0 Å². The van der Waals surface area contributed by atoms with Crippen LogP contribution in [0, 0.1) is 0 Å². The average molecular weight is 922 g/mol. The molecule has 11 nitrogen and oxygen atoms in total. The van der Waals surface area contributed by atoms with Gasteiger partial charge in [-0.2, -0.15) is 0 Å². The van der Waals surface area contributed by atoms with Crippen LogP contribution in [-0.2, 0) is 32.7 Å². The van der Waals surface area contributed by atoms with E-state index in [1.807, 2.05) is 0 Å². The SMILES string of the molecule is CC/C=C\C/C=C\C/C=C\C/C=C\C/C=C\CCCCCC(=O)OCC(O)COP(=O)(O)OCC(NC(=O)CCCCCCCCCCCCCCCCCCCCCCC)C(=O)O. The molecule has 0 radical (unpaired) electrons. The standard InChI is InChI=1S/C52H92NO10P/c1-3-5-7-9-11-13-15-17-19-21-23-24-26-27-29-31-33-35-37-39-41-43-50(55)53-49(52(57)58)47-63-64(59,60)62-46-48(54)45-61-51(56)44-42-40-38-36-34-32-30-28-25-22-20-18-16-14-12-10-8-6-4-2/h6,8,12,14,18,20,25,28,32,34,48-49,54H,3-5,7,9-11,13,15-17,19,21-24,26-27,29-31,33,35-47H2,1-2H3,(H,53,55)(H,57,58)(H,59,60)/b8-6-,14-12-,20-18-,28-25-,34-32-. The molecule has 12 heteroatoms. The van der Waals surface area contributed by atoms with E-state index >= 15 is 0 Å². The number of esters is 1. The Hall–Kier alpha value is -2.82. The molecule has 0 aromatic heterocycles. The third kappa shape index (κ3) is 45.7. The van der Waals surface area contributed by atoms with E-state index in [1.54, 1.807) is 0 Å². The Morgan fingerprint density at radius 2 is 0.906 bits per heavy atom. The summed E-state index contributed by atoms with van der Waals surface area (Å²) in [5, 5.41) is 21.9. The third-order valence-corrected chi connectivity index (χ3v) is 11.8. The molecule has 0 saturated carbocycles. The summed E-state index contributed by atoms with van der Waals surface area (Å²) in [5.41, 5.74) is 0. The average Bonchev–Trinajstić information content (AvgIpc) is 3.27. The number of amides is 1. The van der Waals surface area contributed by atoms with Crippen molar-refractivity contribution in [3.63, 3.8) is 0 Å². The van der Waals surface area contributed by atoms with Crippen molar-refractivity contribution in [3.05, 3.63) is 60.8 Å². The van der Waals surface area contributed by atoms with Crippen LogP contribution in [-0.4, -0.2) is 64.9 Å². The van der Waals surface area contributed by atoms with Crippen molar-refractivity contribution in [1.82, 2.24) is 5.32 Å². The molecular weight excluding hydrogens is 830 g/mol. The number of carbonyl (C=O) groups excluding carboxylic acids is 2. The molecule has 0 aromatic rings. The van der Waals surface area contributed by atoms with E-state index in [2.05, 4.69) is 79.9 Å². The summed E-state index contributed by atoms with van der Waals surface area (Å²) >= 11 is 0. The van der Waals surface area contributed by atoms with Crippen LogP contribution < -0.4 is 5.32 Å². The first-order valence-electron chi connectivity index (χ1n) is 25.3. The monoisotopic (exact) mass is 922 g/mol. The molecule has 0 aromatic carbocycles. The summed E-state index contributed by atoms with van der Waals surface area (Å²) in [6, 6.07) is -1.55. The number of aliphatic hydroxyl groups excluding tert-OH is 1. The summed E-state index contributed by atoms with van der Waals surface area (Å²) in [4.78, 5) is 46.1. The molecule has 0 aliphatic rings. The van der Waals surface area contributed by atoms with E-state index in [0.717, 1.165) is 70.6 Å². The Morgan fingerprint density at radius 3 is 1.36 bits per heavy atom. The third-order valence-electron chi connectivity index (χ3n) is 10.8. The number of phosphoric ester groups is 1. The van der Waals surface area contributed by atoms with Crippen molar-refractivity contribution in [2.45, 2.75) is 231 Å². The largest absolute Gasteiger partial charge is 0.480 e. The van der Waals surface area contributed by atoms with E-state index in [-0.39, 0.29) is 12.8 Å². The second kappa shape index (κ2) is 46.7. The number of nitrogens with one attached hydrogen (secondary N) is 1. The van der Waals surface area contributed by atoms with E-state index in [4.69, 9.17) is 13.8 Å². The highest BCUT2D eigenvalue weighted by molar-refractivity contribution is 7.47. The lowest BCUT2D eigenvalue weighted by atomic mass is 10.0. The Bertz CT molecular complexity index is 1310. The van der Waals surface area contributed by atoms with Gasteiger partial charge in [-0.05, 0) is 57.8 Å². The molecule has 64 heavy (non-hydrogen) atoms. The molecule has 0 fully saturated rings.